The quantitative estimate of drug-likeness (QED) is 0.534. The highest BCUT2D eigenvalue weighted by molar-refractivity contribution is 7.09. The number of aliphatic imine (C=N–C) groups is 1. The van der Waals surface area contributed by atoms with Gasteiger partial charge in [0.25, 0.3) is 0 Å². The number of nitrogens with two attached hydrogens (primary N) is 1. The number of guanidine groups is 1. The van der Waals surface area contributed by atoms with E-state index in [0.29, 0.717) is 31.3 Å². The summed E-state index contributed by atoms with van der Waals surface area (Å²) in [6.07, 6.45) is 2.89. The second-order valence-electron chi connectivity index (χ2n) is 5.04. The first-order chi connectivity index (χ1) is 11.1. The molecule has 0 bridgehead atoms. The fraction of sp³-hybridized carbons (Fsp3) is 0.312. The Balaban J connectivity index is 1.63. The third kappa shape index (κ3) is 6.48. The SMILES string of the molecule is Cc1ccc(NC(=O)CCNC(N)=NCCc2cccs2)nc1. The molecule has 2 aromatic rings. The van der Waals surface area contributed by atoms with Crippen LogP contribution in [0.15, 0.2) is 40.8 Å². The average Bonchev–Trinajstić information content (AvgIpc) is 3.03. The van der Waals surface area contributed by atoms with Crippen LogP contribution in [0.2, 0.25) is 0 Å². The minimum Gasteiger partial charge on any atom is -0.370 e. The Labute approximate surface area is 139 Å². The lowest BCUT2D eigenvalue weighted by Crippen LogP contribution is -2.34. The summed E-state index contributed by atoms with van der Waals surface area (Å²) in [7, 11) is 0. The lowest BCUT2D eigenvalue weighted by molar-refractivity contribution is -0.116. The van der Waals surface area contributed by atoms with E-state index >= 15 is 0 Å². The fourth-order valence-electron chi connectivity index (χ4n) is 1.85. The minimum absolute atomic E-state index is 0.111. The zero-order chi connectivity index (χ0) is 16.5. The molecule has 0 aliphatic rings. The predicted molar refractivity (Wildman–Crippen MR) is 94.7 cm³/mol. The van der Waals surface area contributed by atoms with Crippen molar-refractivity contribution in [1.82, 2.24) is 10.3 Å². The van der Waals surface area contributed by atoms with Gasteiger partial charge in [0.1, 0.15) is 5.82 Å². The van der Waals surface area contributed by atoms with Gasteiger partial charge in [0.2, 0.25) is 5.91 Å². The van der Waals surface area contributed by atoms with E-state index in [1.807, 2.05) is 24.4 Å². The number of pyridine rings is 1. The maximum Gasteiger partial charge on any atom is 0.227 e. The average molecular weight is 331 g/mol. The predicted octanol–water partition coefficient (Wildman–Crippen LogP) is 1.93. The van der Waals surface area contributed by atoms with Crippen LogP contribution in [-0.2, 0) is 11.2 Å². The molecule has 2 heterocycles. The van der Waals surface area contributed by atoms with Gasteiger partial charge in [-0.15, -0.1) is 11.3 Å². The van der Waals surface area contributed by atoms with Crippen LogP contribution < -0.4 is 16.4 Å². The molecule has 2 rings (SSSR count). The van der Waals surface area contributed by atoms with Gasteiger partial charge in [-0.1, -0.05) is 12.1 Å². The molecule has 23 heavy (non-hydrogen) atoms. The van der Waals surface area contributed by atoms with Crippen molar-refractivity contribution < 1.29 is 4.79 Å². The zero-order valence-electron chi connectivity index (χ0n) is 13.1. The number of carbonyl (C=O) groups is 1. The molecule has 0 spiro atoms. The van der Waals surface area contributed by atoms with Crippen LogP contribution in [-0.4, -0.2) is 29.9 Å². The van der Waals surface area contributed by atoms with Crippen molar-refractivity contribution >= 4 is 29.0 Å². The molecule has 1 amide bonds. The monoisotopic (exact) mass is 331 g/mol. The molecule has 0 aliphatic carbocycles. The van der Waals surface area contributed by atoms with E-state index in [1.165, 1.54) is 4.88 Å². The van der Waals surface area contributed by atoms with E-state index in [9.17, 15) is 4.79 Å². The van der Waals surface area contributed by atoms with Gasteiger partial charge < -0.3 is 16.4 Å². The second kappa shape index (κ2) is 8.89. The summed E-state index contributed by atoms with van der Waals surface area (Å²) < 4.78 is 0. The summed E-state index contributed by atoms with van der Waals surface area (Å²) in [5, 5.41) is 7.72. The number of aromatic nitrogens is 1. The van der Waals surface area contributed by atoms with Crippen molar-refractivity contribution in [2.24, 2.45) is 10.7 Å². The molecule has 7 heteroatoms. The minimum atomic E-state index is -0.111. The molecule has 0 atom stereocenters. The fourth-order valence-corrected chi connectivity index (χ4v) is 2.55. The highest BCUT2D eigenvalue weighted by atomic mass is 32.1. The van der Waals surface area contributed by atoms with Crippen molar-refractivity contribution in [3.8, 4) is 0 Å². The molecule has 0 radical (unpaired) electrons. The number of carbonyl (C=O) groups excluding carboxylic acids is 1. The largest absolute Gasteiger partial charge is 0.370 e. The first-order valence-corrected chi connectivity index (χ1v) is 8.30. The van der Waals surface area contributed by atoms with Crippen LogP contribution in [0.3, 0.4) is 0 Å². The Bertz CT molecular complexity index is 637. The Morgan fingerprint density at radius 2 is 2.26 bits per heavy atom. The van der Waals surface area contributed by atoms with Gasteiger partial charge in [0, 0.05) is 37.0 Å². The first-order valence-electron chi connectivity index (χ1n) is 7.42. The van der Waals surface area contributed by atoms with Crippen LogP contribution in [0, 0.1) is 6.92 Å². The number of anilines is 1. The van der Waals surface area contributed by atoms with E-state index in [0.717, 1.165) is 12.0 Å². The zero-order valence-corrected chi connectivity index (χ0v) is 13.9. The number of nitrogens with zero attached hydrogens (tertiary/aromatic N) is 2. The Morgan fingerprint density at radius 3 is 2.96 bits per heavy atom. The van der Waals surface area contributed by atoms with E-state index in [2.05, 4.69) is 26.7 Å². The lowest BCUT2D eigenvalue weighted by Gasteiger charge is -2.06. The number of hydrogen-bond acceptors (Lipinski definition) is 4. The summed E-state index contributed by atoms with van der Waals surface area (Å²) in [5.41, 5.74) is 6.82. The molecule has 0 aliphatic heterocycles. The van der Waals surface area contributed by atoms with Gasteiger partial charge in [0.15, 0.2) is 5.96 Å². The van der Waals surface area contributed by atoms with E-state index in [1.54, 1.807) is 23.6 Å². The first kappa shape index (κ1) is 17.0. The Hall–Kier alpha value is -2.41. The van der Waals surface area contributed by atoms with Crippen molar-refractivity contribution in [1.29, 1.82) is 0 Å². The number of thiophene rings is 1. The highest BCUT2D eigenvalue weighted by Crippen LogP contribution is 2.08. The molecule has 0 unspecified atom stereocenters. The Morgan fingerprint density at radius 1 is 1.39 bits per heavy atom. The third-order valence-electron chi connectivity index (χ3n) is 3.06. The van der Waals surface area contributed by atoms with Crippen LogP contribution in [0.4, 0.5) is 5.82 Å². The highest BCUT2D eigenvalue weighted by Gasteiger charge is 2.03. The molecule has 0 saturated carbocycles. The van der Waals surface area contributed by atoms with E-state index in [4.69, 9.17) is 5.73 Å². The third-order valence-corrected chi connectivity index (χ3v) is 3.99. The molecule has 122 valence electrons. The van der Waals surface area contributed by atoms with Gasteiger partial charge in [-0.05, 0) is 30.0 Å². The number of aryl methyl sites for hydroxylation is 1. The van der Waals surface area contributed by atoms with Crippen LogP contribution in [0.1, 0.15) is 16.9 Å². The molecule has 2 aromatic heterocycles. The molecular weight excluding hydrogens is 310 g/mol. The number of hydrogen-bond donors (Lipinski definition) is 3. The van der Waals surface area contributed by atoms with Crippen molar-refractivity contribution in [2.75, 3.05) is 18.4 Å². The summed E-state index contributed by atoms with van der Waals surface area (Å²) in [4.78, 5) is 21.4. The molecule has 0 aromatic carbocycles. The van der Waals surface area contributed by atoms with Gasteiger partial charge in [0.05, 0.1) is 0 Å². The maximum absolute atomic E-state index is 11.8. The van der Waals surface area contributed by atoms with E-state index < -0.39 is 0 Å². The maximum atomic E-state index is 11.8. The lowest BCUT2D eigenvalue weighted by atomic mass is 10.3. The van der Waals surface area contributed by atoms with Crippen molar-refractivity contribution in [3.05, 3.63) is 46.3 Å². The number of nitrogens with one attached hydrogen (secondary N) is 2. The Kier molecular flexibility index (Phi) is 6.56. The molecule has 0 fully saturated rings. The van der Waals surface area contributed by atoms with Crippen molar-refractivity contribution in [2.45, 2.75) is 19.8 Å². The number of rotatable bonds is 7. The molecule has 0 saturated heterocycles. The molecule has 6 nitrogen and oxygen atoms in total. The summed E-state index contributed by atoms with van der Waals surface area (Å²) >= 11 is 1.71. The summed E-state index contributed by atoms with van der Waals surface area (Å²) in [6.45, 7) is 3.02. The van der Waals surface area contributed by atoms with E-state index in [-0.39, 0.29) is 5.91 Å². The van der Waals surface area contributed by atoms with Crippen LogP contribution in [0.25, 0.3) is 0 Å². The smallest absolute Gasteiger partial charge is 0.227 e. The summed E-state index contributed by atoms with van der Waals surface area (Å²) in [5.74, 6) is 0.807. The number of amides is 1. The van der Waals surface area contributed by atoms with Gasteiger partial charge in [-0.2, -0.15) is 0 Å². The van der Waals surface area contributed by atoms with Crippen LogP contribution in [0.5, 0.6) is 0 Å². The van der Waals surface area contributed by atoms with Crippen molar-refractivity contribution in [3.63, 3.8) is 0 Å². The summed E-state index contributed by atoms with van der Waals surface area (Å²) in [6, 6.07) is 7.78. The topological polar surface area (TPSA) is 92.4 Å². The van der Waals surface area contributed by atoms with Gasteiger partial charge in [-0.25, -0.2) is 4.98 Å². The standard InChI is InChI=1S/C16H21N5OS/c1-12-4-5-14(20-11-12)21-15(22)7-9-19-16(17)18-8-6-13-3-2-10-23-13/h2-5,10-11H,6-9H2,1H3,(H3,17,18,19)(H,20,21,22). The molecular formula is C16H21N5OS. The van der Waals surface area contributed by atoms with Gasteiger partial charge in [-0.3, -0.25) is 9.79 Å². The normalized spacial score (nSPS) is 11.3. The van der Waals surface area contributed by atoms with Gasteiger partial charge >= 0.3 is 0 Å². The van der Waals surface area contributed by atoms with Crippen LogP contribution >= 0.6 is 11.3 Å². The molecule has 4 N–H and O–H groups in total. The second-order valence-corrected chi connectivity index (χ2v) is 6.07.